The van der Waals surface area contributed by atoms with Crippen LogP contribution in [-0.4, -0.2) is 57.8 Å². The molecule has 9 heteroatoms. The lowest BCUT2D eigenvalue weighted by atomic mass is 9.84. The fourth-order valence-electron chi connectivity index (χ4n) is 4.87. The highest BCUT2D eigenvalue weighted by atomic mass is 16.6. The normalized spacial score (nSPS) is 29.0. The molecule has 0 spiro atoms. The number of epoxide rings is 1. The number of benzene rings is 1. The van der Waals surface area contributed by atoms with Crippen LogP contribution < -0.4 is 19.5 Å². The van der Waals surface area contributed by atoms with Gasteiger partial charge in [-0.15, -0.1) is 0 Å². The van der Waals surface area contributed by atoms with Crippen molar-refractivity contribution < 1.29 is 38.0 Å². The number of rotatable bonds is 7. The maximum atomic E-state index is 12.4. The Morgan fingerprint density at radius 3 is 2.57 bits per heavy atom. The van der Waals surface area contributed by atoms with E-state index in [0.29, 0.717) is 35.7 Å². The average molecular weight is 488 g/mol. The molecule has 3 aliphatic rings. The molecule has 35 heavy (non-hydrogen) atoms. The Balaban J connectivity index is 1.34. The minimum absolute atomic E-state index is 0.0807. The molecule has 2 fully saturated rings. The van der Waals surface area contributed by atoms with Crippen LogP contribution in [0.3, 0.4) is 0 Å². The van der Waals surface area contributed by atoms with Crippen LogP contribution in [0.25, 0.3) is 0 Å². The van der Waals surface area contributed by atoms with Crippen molar-refractivity contribution in [1.82, 2.24) is 5.32 Å². The second-order valence-electron chi connectivity index (χ2n) is 9.26. The van der Waals surface area contributed by atoms with Crippen LogP contribution in [0.2, 0.25) is 0 Å². The molecule has 9 nitrogen and oxygen atoms in total. The number of hydrogen-bond donors (Lipinski definition) is 1. The SMILES string of the molecule is C=C1C(=O)O[C@H]2[C@H]1CC/C(COC(=O)NCc1cc(OC)c(OC)c(OC)c1)=C\CC[C@@]1(C)O[C@@H]21. The molecule has 4 atom stereocenters. The van der Waals surface area contributed by atoms with Gasteiger partial charge in [-0.25, -0.2) is 9.59 Å². The fourth-order valence-corrected chi connectivity index (χ4v) is 4.87. The van der Waals surface area contributed by atoms with Crippen molar-refractivity contribution in [2.45, 2.75) is 57.0 Å². The van der Waals surface area contributed by atoms with Crippen molar-refractivity contribution in [3.63, 3.8) is 0 Å². The van der Waals surface area contributed by atoms with Crippen molar-refractivity contribution >= 4 is 12.1 Å². The molecule has 2 saturated heterocycles. The highest BCUT2D eigenvalue weighted by Gasteiger charge is 2.61. The summed E-state index contributed by atoms with van der Waals surface area (Å²) >= 11 is 0. The van der Waals surface area contributed by atoms with Crippen LogP contribution in [-0.2, 0) is 25.5 Å². The number of allylic oxidation sites excluding steroid dienone is 1. The largest absolute Gasteiger partial charge is 0.493 e. The van der Waals surface area contributed by atoms with Gasteiger partial charge in [0, 0.05) is 18.0 Å². The molecule has 2 aliphatic heterocycles. The minimum Gasteiger partial charge on any atom is -0.493 e. The van der Waals surface area contributed by atoms with Crippen LogP contribution >= 0.6 is 0 Å². The molecule has 1 aliphatic carbocycles. The first-order valence-electron chi connectivity index (χ1n) is 11.7. The van der Waals surface area contributed by atoms with E-state index in [2.05, 4.69) is 18.0 Å². The lowest BCUT2D eigenvalue weighted by molar-refractivity contribution is -0.140. The summed E-state index contributed by atoms with van der Waals surface area (Å²) < 4.78 is 33.0. The number of fused-ring (bicyclic) bond motifs is 3. The van der Waals surface area contributed by atoms with Gasteiger partial charge in [0.2, 0.25) is 5.75 Å². The predicted molar refractivity (Wildman–Crippen MR) is 127 cm³/mol. The Labute approximate surface area is 205 Å². The first-order chi connectivity index (χ1) is 16.8. The third-order valence-electron chi connectivity index (χ3n) is 6.99. The van der Waals surface area contributed by atoms with Crippen molar-refractivity contribution in [3.8, 4) is 17.2 Å². The van der Waals surface area contributed by atoms with Crippen LogP contribution in [0, 0.1) is 5.92 Å². The first-order valence-corrected chi connectivity index (χ1v) is 11.7. The molecular formula is C26H33NO8. The summed E-state index contributed by atoms with van der Waals surface area (Å²) in [6, 6.07) is 3.54. The monoisotopic (exact) mass is 487 g/mol. The first kappa shape index (κ1) is 24.9. The van der Waals surface area contributed by atoms with Gasteiger partial charge in [-0.1, -0.05) is 12.7 Å². The van der Waals surface area contributed by atoms with E-state index < -0.39 is 6.09 Å². The van der Waals surface area contributed by atoms with Gasteiger partial charge in [0.25, 0.3) is 0 Å². The number of methoxy groups -OCH3 is 3. The third kappa shape index (κ3) is 5.24. The van der Waals surface area contributed by atoms with Crippen LogP contribution in [0.1, 0.15) is 38.2 Å². The van der Waals surface area contributed by atoms with Crippen LogP contribution in [0.5, 0.6) is 17.2 Å². The molecule has 4 rings (SSSR count). The quantitative estimate of drug-likeness (QED) is 0.269. The second kappa shape index (κ2) is 10.2. The molecule has 190 valence electrons. The van der Waals surface area contributed by atoms with Crippen molar-refractivity contribution in [1.29, 1.82) is 0 Å². The molecular weight excluding hydrogens is 454 g/mol. The Morgan fingerprint density at radius 1 is 1.20 bits per heavy atom. The van der Waals surface area contributed by atoms with Crippen molar-refractivity contribution in [2.24, 2.45) is 5.92 Å². The van der Waals surface area contributed by atoms with Gasteiger partial charge in [-0.05, 0) is 55.9 Å². The Kier molecular flexibility index (Phi) is 7.25. The number of carbonyl (C=O) groups is 2. The number of alkyl carbamates (subject to hydrolysis) is 1. The van der Waals surface area contributed by atoms with Gasteiger partial charge in [0.15, 0.2) is 11.5 Å². The van der Waals surface area contributed by atoms with Crippen molar-refractivity contribution in [3.05, 3.63) is 41.5 Å². The molecule has 2 heterocycles. The van der Waals surface area contributed by atoms with E-state index in [1.807, 2.05) is 6.92 Å². The maximum Gasteiger partial charge on any atom is 0.407 e. The van der Waals surface area contributed by atoms with E-state index in [9.17, 15) is 9.59 Å². The van der Waals surface area contributed by atoms with Gasteiger partial charge in [-0.2, -0.15) is 0 Å². The van der Waals surface area contributed by atoms with E-state index in [4.69, 9.17) is 28.4 Å². The highest BCUT2D eigenvalue weighted by molar-refractivity contribution is 5.91. The molecule has 0 radical (unpaired) electrons. The zero-order chi connectivity index (χ0) is 25.2. The van der Waals surface area contributed by atoms with Crippen LogP contribution in [0.4, 0.5) is 4.79 Å². The molecule has 0 bridgehead atoms. The van der Waals surface area contributed by atoms with E-state index in [0.717, 1.165) is 24.0 Å². The highest BCUT2D eigenvalue weighted by Crippen LogP contribution is 2.49. The molecule has 1 amide bonds. The number of esters is 1. The summed E-state index contributed by atoms with van der Waals surface area (Å²) in [5.41, 5.74) is 1.97. The maximum absolute atomic E-state index is 12.4. The van der Waals surface area contributed by atoms with Gasteiger partial charge in [0.1, 0.15) is 18.8 Å². The van der Waals surface area contributed by atoms with E-state index in [1.165, 1.54) is 21.3 Å². The third-order valence-corrected chi connectivity index (χ3v) is 6.99. The summed E-state index contributed by atoms with van der Waals surface area (Å²) in [6.07, 6.45) is 4.18. The summed E-state index contributed by atoms with van der Waals surface area (Å²) in [4.78, 5) is 24.5. The Hall–Kier alpha value is -3.20. The Bertz CT molecular complexity index is 1010. The van der Waals surface area contributed by atoms with Crippen LogP contribution in [0.15, 0.2) is 35.9 Å². The molecule has 0 unspecified atom stereocenters. The van der Waals surface area contributed by atoms with Gasteiger partial charge in [-0.3, -0.25) is 0 Å². The molecule has 1 N–H and O–H groups in total. The average Bonchev–Trinajstić information content (AvgIpc) is 3.45. The second-order valence-corrected chi connectivity index (χ2v) is 9.26. The summed E-state index contributed by atoms with van der Waals surface area (Å²) in [6.45, 7) is 6.38. The standard InChI is InChI=1S/C26H33NO8/c1-15-18-9-8-16(7-6-10-26(2)23(35-26)21(18)34-24(15)28)14-33-25(29)27-13-17-11-19(30-3)22(32-5)20(12-17)31-4/h7,11-12,18,21,23H,1,6,8-10,13-14H2,2-5H3,(H,27,29)/b16-7+/t18-,21-,23-,26+/m0/s1. The minimum atomic E-state index is -0.532. The summed E-state index contributed by atoms with van der Waals surface area (Å²) in [5, 5.41) is 2.76. The molecule has 1 aromatic rings. The zero-order valence-corrected chi connectivity index (χ0v) is 20.7. The molecule has 1 aromatic carbocycles. The summed E-state index contributed by atoms with van der Waals surface area (Å²) in [5.74, 6) is 1.07. The lowest BCUT2D eigenvalue weighted by Crippen LogP contribution is -2.29. The van der Waals surface area contributed by atoms with E-state index in [1.54, 1.807) is 12.1 Å². The van der Waals surface area contributed by atoms with Crippen molar-refractivity contribution in [2.75, 3.05) is 27.9 Å². The number of carbonyl (C=O) groups excluding carboxylic acids is 2. The molecule has 0 aromatic heterocycles. The molecule has 0 saturated carbocycles. The fraction of sp³-hybridized carbons (Fsp3) is 0.538. The van der Waals surface area contributed by atoms with Gasteiger partial charge in [0.05, 0.1) is 26.9 Å². The van der Waals surface area contributed by atoms with Gasteiger partial charge >= 0.3 is 12.1 Å². The Morgan fingerprint density at radius 2 is 1.91 bits per heavy atom. The van der Waals surface area contributed by atoms with E-state index >= 15 is 0 Å². The number of ether oxygens (including phenoxy) is 6. The van der Waals surface area contributed by atoms with E-state index in [-0.39, 0.29) is 42.8 Å². The number of hydrogen-bond acceptors (Lipinski definition) is 8. The predicted octanol–water partition coefficient (Wildman–Crippen LogP) is 3.69. The topological polar surface area (TPSA) is 105 Å². The van der Waals surface area contributed by atoms with Gasteiger partial charge < -0.3 is 33.7 Å². The zero-order valence-electron chi connectivity index (χ0n) is 20.7. The number of nitrogens with one attached hydrogen (secondary N) is 1. The number of amides is 1. The summed E-state index contributed by atoms with van der Waals surface area (Å²) in [7, 11) is 4.61. The smallest absolute Gasteiger partial charge is 0.407 e. The lowest BCUT2D eigenvalue weighted by Gasteiger charge is -2.20.